The van der Waals surface area contributed by atoms with E-state index < -0.39 is 0 Å². The molecule has 8 heteroatoms. The van der Waals surface area contributed by atoms with E-state index in [1.807, 2.05) is 11.8 Å². The van der Waals surface area contributed by atoms with E-state index in [-0.39, 0.29) is 35.8 Å². The van der Waals surface area contributed by atoms with Gasteiger partial charge < -0.3 is 20.3 Å². The zero-order valence-electron chi connectivity index (χ0n) is 13.6. The minimum Gasteiger partial charge on any atom is -0.380 e. The Hall–Kier alpha value is -1.16. The number of aliphatic imine (C=N–C) groups is 1. The normalized spacial score (nSPS) is 17.8. The van der Waals surface area contributed by atoms with Crippen molar-refractivity contribution in [2.75, 3.05) is 44.8 Å². The smallest absolute Gasteiger partial charge is 0.191 e. The summed E-state index contributed by atoms with van der Waals surface area (Å²) >= 11 is 0. The molecule has 1 atom stereocenters. The summed E-state index contributed by atoms with van der Waals surface area (Å²) in [6.07, 6.45) is 2.54. The molecule has 0 aliphatic carbocycles. The molecule has 23 heavy (non-hydrogen) atoms. The molecule has 0 radical (unpaired) electrons. The van der Waals surface area contributed by atoms with Crippen molar-refractivity contribution >= 4 is 35.8 Å². The Morgan fingerprint density at radius 1 is 1.57 bits per heavy atom. The van der Waals surface area contributed by atoms with Crippen LogP contribution in [0.5, 0.6) is 0 Å². The molecule has 6 nitrogen and oxygen atoms in total. The molecule has 1 aromatic heterocycles. The van der Waals surface area contributed by atoms with E-state index in [1.54, 1.807) is 19.3 Å². The van der Waals surface area contributed by atoms with Gasteiger partial charge in [-0.3, -0.25) is 4.99 Å². The van der Waals surface area contributed by atoms with Crippen LogP contribution in [0.4, 0.5) is 10.2 Å². The van der Waals surface area contributed by atoms with Crippen LogP contribution in [0, 0.1) is 5.82 Å². The first-order valence-corrected chi connectivity index (χ1v) is 7.65. The van der Waals surface area contributed by atoms with Gasteiger partial charge >= 0.3 is 0 Å². The maximum atomic E-state index is 13.8. The van der Waals surface area contributed by atoms with Crippen molar-refractivity contribution in [3.8, 4) is 0 Å². The van der Waals surface area contributed by atoms with E-state index in [4.69, 9.17) is 4.74 Å². The van der Waals surface area contributed by atoms with E-state index in [0.717, 1.165) is 18.9 Å². The summed E-state index contributed by atoms with van der Waals surface area (Å²) < 4.78 is 19.0. The fourth-order valence-corrected chi connectivity index (χ4v) is 2.45. The molecular weight excluding hydrogens is 412 g/mol. The van der Waals surface area contributed by atoms with E-state index in [2.05, 4.69) is 20.6 Å². The monoisotopic (exact) mass is 437 g/mol. The number of aromatic nitrogens is 1. The summed E-state index contributed by atoms with van der Waals surface area (Å²) in [5, 5.41) is 6.56. The highest BCUT2D eigenvalue weighted by molar-refractivity contribution is 14.0. The molecule has 1 unspecified atom stereocenters. The molecule has 1 aliphatic rings. The van der Waals surface area contributed by atoms with Crippen molar-refractivity contribution in [2.45, 2.75) is 19.4 Å². The quantitative estimate of drug-likeness (QED) is 0.307. The molecule has 0 bridgehead atoms. The summed E-state index contributed by atoms with van der Waals surface area (Å²) in [7, 11) is 1.74. The molecule has 2 N–H and O–H groups in total. The van der Waals surface area contributed by atoms with Gasteiger partial charge in [-0.15, -0.1) is 24.0 Å². The number of pyridine rings is 1. The molecule has 2 rings (SSSR count). The molecule has 1 saturated heterocycles. The number of hydrogen-bond donors (Lipinski definition) is 2. The van der Waals surface area contributed by atoms with Crippen molar-refractivity contribution in [1.29, 1.82) is 0 Å². The Morgan fingerprint density at radius 2 is 2.39 bits per heavy atom. The van der Waals surface area contributed by atoms with Crippen molar-refractivity contribution in [3.63, 3.8) is 0 Å². The third-order valence-electron chi connectivity index (χ3n) is 3.53. The van der Waals surface area contributed by atoms with Crippen LogP contribution in [-0.4, -0.2) is 56.9 Å². The lowest BCUT2D eigenvalue weighted by Crippen LogP contribution is -2.45. The van der Waals surface area contributed by atoms with Gasteiger partial charge in [-0.05, 0) is 25.5 Å². The van der Waals surface area contributed by atoms with E-state index in [9.17, 15) is 4.39 Å². The molecule has 0 spiro atoms. The van der Waals surface area contributed by atoms with Gasteiger partial charge in [0.15, 0.2) is 17.6 Å². The topological polar surface area (TPSA) is 61.8 Å². The summed E-state index contributed by atoms with van der Waals surface area (Å²) in [6.45, 7) is 5.52. The van der Waals surface area contributed by atoms with Gasteiger partial charge in [0.2, 0.25) is 0 Å². The predicted octanol–water partition coefficient (Wildman–Crippen LogP) is 1.62. The molecule has 0 aromatic carbocycles. The van der Waals surface area contributed by atoms with Gasteiger partial charge in [-0.2, -0.15) is 0 Å². The third kappa shape index (κ3) is 6.09. The maximum absolute atomic E-state index is 13.8. The first-order chi connectivity index (χ1) is 10.7. The van der Waals surface area contributed by atoms with Gasteiger partial charge in [0.05, 0.1) is 6.61 Å². The zero-order chi connectivity index (χ0) is 15.8. The molecule has 2 heterocycles. The van der Waals surface area contributed by atoms with Crippen LogP contribution in [0.1, 0.15) is 13.3 Å². The molecule has 1 fully saturated rings. The number of ether oxygens (including phenoxy) is 1. The predicted molar refractivity (Wildman–Crippen MR) is 101 cm³/mol. The summed E-state index contributed by atoms with van der Waals surface area (Å²) in [6, 6.07) is 3.27. The highest BCUT2D eigenvalue weighted by Gasteiger charge is 2.25. The Morgan fingerprint density at radius 3 is 3.09 bits per heavy atom. The molecule has 0 amide bonds. The number of rotatable bonds is 6. The van der Waals surface area contributed by atoms with Crippen molar-refractivity contribution in [2.24, 2.45) is 4.99 Å². The summed E-state index contributed by atoms with van der Waals surface area (Å²) in [4.78, 5) is 10.3. The largest absolute Gasteiger partial charge is 0.380 e. The van der Waals surface area contributed by atoms with Crippen molar-refractivity contribution < 1.29 is 9.13 Å². The third-order valence-corrected chi connectivity index (χ3v) is 3.53. The van der Waals surface area contributed by atoms with Gasteiger partial charge in [0.1, 0.15) is 0 Å². The number of hydrogen-bond acceptors (Lipinski definition) is 4. The standard InChI is InChI=1S/C15H24FN5O.HI/c1-3-22-10-8-19-15(17-2)20-12-6-9-21(11-12)14-13(16)5-4-7-18-14;/h4-5,7,12H,3,6,8-11H2,1-2H3,(H2,17,19,20);1H. The minimum absolute atomic E-state index is 0. The van der Waals surface area contributed by atoms with Gasteiger partial charge in [-0.1, -0.05) is 0 Å². The molecule has 130 valence electrons. The van der Waals surface area contributed by atoms with Crippen LogP contribution in [0.3, 0.4) is 0 Å². The minimum atomic E-state index is -0.276. The van der Waals surface area contributed by atoms with Crippen LogP contribution >= 0.6 is 24.0 Å². The lowest BCUT2D eigenvalue weighted by atomic mass is 10.3. The average Bonchev–Trinajstić information content (AvgIpc) is 2.99. The summed E-state index contributed by atoms with van der Waals surface area (Å²) in [5.41, 5.74) is 0. The zero-order valence-corrected chi connectivity index (χ0v) is 15.9. The average molecular weight is 437 g/mol. The first-order valence-electron chi connectivity index (χ1n) is 7.65. The van der Waals surface area contributed by atoms with Crippen LogP contribution in [-0.2, 0) is 4.74 Å². The Labute approximate surface area is 153 Å². The first kappa shape index (κ1) is 19.9. The Balaban J connectivity index is 0.00000264. The molecule has 0 saturated carbocycles. The second-order valence-corrected chi connectivity index (χ2v) is 5.08. The Kier molecular flexibility index (Phi) is 9.15. The van der Waals surface area contributed by atoms with E-state index in [1.165, 1.54) is 6.07 Å². The second kappa shape index (κ2) is 10.6. The fraction of sp³-hybridized carbons (Fsp3) is 0.600. The van der Waals surface area contributed by atoms with Crippen LogP contribution in [0.15, 0.2) is 23.3 Å². The molecule has 1 aliphatic heterocycles. The Bertz CT molecular complexity index is 503. The number of anilines is 1. The number of nitrogens with one attached hydrogen (secondary N) is 2. The summed E-state index contributed by atoms with van der Waals surface area (Å²) in [5.74, 6) is 0.890. The fourth-order valence-electron chi connectivity index (χ4n) is 2.45. The number of halogens is 2. The molecular formula is C15H25FIN5O. The van der Waals surface area contributed by atoms with Crippen LogP contribution in [0.2, 0.25) is 0 Å². The lowest BCUT2D eigenvalue weighted by Gasteiger charge is -2.19. The maximum Gasteiger partial charge on any atom is 0.191 e. The van der Waals surface area contributed by atoms with Crippen LogP contribution in [0.25, 0.3) is 0 Å². The number of guanidine groups is 1. The number of nitrogens with zero attached hydrogens (tertiary/aromatic N) is 3. The van der Waals surface area contributed by atoms with Gasteiger partial charge in [0.25, 0.3) is 0 Å². The van der Waals surface area contributed by atoms with E-state index in [0.29, 0.717) is 32.1 Å². The highest BCUT2D eigenvalue weighted by atomic mass is 127. The highest BCUT2D eigenvalue weighted by Crippen LogP contribution is 2.20. The lowest BCUT2D eigenvalue weighted by molar-refractivity contribution is 0.152. The van der Waals surface area contributed by atoms with Gasteiger partial charge in [0, 0.05) is 45.5 Å². The molecule has 1 aromatic rings. The second-order valence-electron chi connectivity index (χ2n) is 5.08. The van der Waals surface area contributed by atoms with E-state index >= 15 is 0 Å². The van der Waals surface area contributed by atoms with Crippen LogP contribution < -0.4 is 15.5 Å². The van der Waals surface area contributed by atoms with Crippen molar-refractivity contribution in [3.05, 3.63) is 24.1 Å². The SMILES string of the molecule is CCOCCNC(=NC)NC1CCN(c2ncccc2F)C1.I. The van der Waals surface area contributed by atoms with Gasteiger partial charge in [-0.25, -0.2) is 9.37 Å². The van der Waals surface area contributed by atoms with Crippen molar-refractivity contribution in [1.82, 2.24) is 15.6 Å².